The van der Waals surface area contributed by atoms with E-state index in [2.05, 4.69) is 52.2 Å². The van der Waals surface area contributed by atoms with Crippen LogP contribution in [0, 0.1) is 6.92 Å². The van der Waals surface area contributed by atoms with Gasteiger partial charge in [0, 0.05) is 35.3 Å². The van der Waals surface area contributed by atoms with Crippen molar-refractivity contribution in [2.45, 2.75) is 13.5 Å². The van der Waals surface area contributed by atoms with E-state index in [1.807, 2.05) is 36.4 Å². The Bertz CT molecular complexity index is 1390. The summed E-state index contributed by atoms with van der Waals surface area (Å²) in [5, 5.41) is 10.1. The molecule has 0 saturated heterocycles. The molecule has 0 aliphatic carbocycles. The first kappa shape index (κ1) is 20.8. The van der Waals surface area contributed by atoms with Crippen LogP contribution in [0.1, 0.15) is 11.1 Å². The van der Waals surface area contributed by atoms with Crippen LogP contribution in [0.4, 0.5) is 0 Å². The molecule has 0 N–H and O–H groups in total. The monoisotopic (exact) mass is 439 g/mol. The molecule has 6 nitrogen and oxygen atoms in total. The molecule has 0 unspecified atom stereocenters. The lowest BCUT2D eigenvalue weighted by Crippen LogP contribution is -2.05. The van der Waals surface area contributed by atoms with Crippen molar-refractivity contribution in [1.29, 1.82) is 0 Å². The minimum absolute atomic E-state index is 0.661. The van der Waals surface area contributed by atoms with E-state index < -0.39 is 0 Å². The molecule has 6 heteroatoms. The van der Waals surface area contributed by atoms with Crippen molar-refractivity contribution < 1.29 is 14.2 Å². The van der Waals surface area contributed by atoms with Gasteiger partial charge in [0.1, 0.15) is 17.1 Å². The Morgan fingerprint density at radius 1 is 0.758 bits per heavy atom. The number of hydrogen-bond acceptors (Lipinski definition) is 5. The summed E-state index contributed by atoms with van der Waals surface area (Å²) >= 11 is 0. The molecule has 0 aromatic heterocycles. The fourth-order valence-corrected chi connectivity index (χ4v) is 4.15. The maximum Gasteiger partial charge on any atom is 0.162 e. The van der Waals surface area contributed by atoms with E-state index in [1.165, 1.54) is 11.1 Å². The molecule has 166 valence electrons. The zero-order chi connectivity index (χ0) is 22.9. The van der Waals surface area contributed by atoms with Crippen LogP contribution in [0.2, 0.25) is 0 Å². The van der Waals surface area contributed by atoms with Crippen LogP contribution in [0.25, 0.3) is 33.4 Å². The first-order valence-electron chi connectivity index (χ1n) is 10.7. The number of aryl methyl sites for hydroxylation is 1. The van der Waals surface area contributed by atoms with Gasteiger partial charge in [-0.05, 0) is 42.8 Å². The topological polar surface area (TPSA) is 58.4 Å². The van der Waals surface area contributed by atoms with E-state index in [9.17, 15) is 0 Å². The number of pyridine rings is 1. The van der Waals surface area contributed by atoms with Crippen LogP contribution < -0.4 is 14.2 Å². The van der Waals surface area contributed by atoms with Gasteiger partial charge in [-0.1, -0.05) is 29.8 Å². The first-order valence-corrected chi connectivity index (χ1v) is 10.7. The van der Waals surface area contributed by atoms with Gasteiger partial charge in [-0.2, -0.15) is 0 Å². The van der Waals surface area contributed by atoms with Gasteiger partial charge in [0.15, 0.2) is 11.5 Å². The number of aromatic nitrogens is 3. The second-order valence-corrected chi connectivity index (χ2v) is 8.01. The van der Waals surface area contributed by atoms with Gasteiger partial charge in [-0.15, -0.1) is 10.2 Å². The Balaban J connectivity index is 1.74. The summed E-state index contributed by atoms with van der Waals surface area (Å²) in [6.45, 7) is 2.80. The van der Waals surface area contributed by atoms with Gasteiger partial charge in [-0.3, -0.25) is 0 Å². The molecule has 3 aromatic carbocycles. The highest BCUT2D eigenvalue weighted by Crippen LogP contribution is 2.41. The summed E-state index contributed by atoms with van der Waals surface area (Å²) in [7, 11) is 4.95. The van der Waals surface area contributed by atoms with E-state index in [0.29, 0.717) is 18.0 Å². The molecule has 0 bridgehead atoms. The molecule has 0 fully saturated rings. The number of ether oxygens (including phenoxy) is 3. The van der Waals surface area contributed by atoms with Gasteiger partial charge in [0.25, 0.3) is 0 Å². The Kier molecular flexibility index (Phi) is 5.34. The maximum absolute atomic E-state index is 5.59. The fraction of sp³-hybridized carbons (Fsp3) is 0.185. The summed E-state index contributed by atoms with van der Waals surface area (Å²) in [6, 6.07) is 20.4. The molecule has 5 rings (SSSR count). The highest BCUT2D eigenvalue weighted by atomic mass is 16.5. The standard InChI is InChI=1S/C27H25N3O3/c1-17-5-7-18(8-6-17)15-30-16-22-26(19-9-11-20(31-2)12-10-19)28-29-27(22)21-13-24(32-3)25(33-4)14-23(21)30/h5-14,16H,15H2,1-4H3. The number of benzene rings is 3. The summed E-state index contributed by atoms with van der Waals surface area (Å²) in [5.41, 5.74) is 7.08. The fourth-order valence-electron chi connectivity index (χ4n) is 4.15. The SMILES string of the molecule is COc1ccc(-c2nnc3c4cc(OC)c(OC)cc4n(Cc4ccc(C)cc4)cc2-3)cc1. The van der Waals surface area contributed by atoms with E-state index in [1.54, 1.807) is 21.3 Å². The largest absolute Gasteiger partial charge is 0.497 e. The normalized spacial score (nSPS) is 11.2. The number of fused-ring (bicyclic) bond motifs is 3. The van der Waals surface area contributed by atoms with Gasteiger partial charge in [0.05, 0.1) is 26.8 Å². The summed E-state index contributed by atoms with van der Waals surface area (Å²) in [4.78, 5) is 0. The minimum Gasteiger partial charge on any atom is -0.497 e. The third-order valence-corrected chi connectivity index (χ3v) is 5.95. The van der Waals surface area contributed by atoms with Crippen molar-refractivity contribution in [1.82, 2.24) is 14.8 Å². The minimum atomic E-state index is 0.661. The predicted octanol–water partition coefficient (Wildman–Crippen LogP) is 5.59. The molecule has 3 aromatic rings. The van der Waals surface area contributed by atoms with Crippen LogP contribution in [-0.4, -0.2) is 36.1 Å². The third-order valence-electron chi connectivity index (χ3n) is 5.95. The van der Waals surface area contributed by atoms with E-state index >= 15 is 0 Å². The van der Waals surface area contributed by atoms with Crippen molar-refractivity contribution in [2.75, 3.05) is 21.3 Å². The van der Waals surface area contributed by atoms with Gasteiger partial charge in [-0.25, -0.2) is 0 Å². The maximum atomic E-state index is 5.59. The first-order chi connectivity index (χ1) is 16.1. The lowest BCUT2D eigenvalue weighted by atomic mass is 10.0. The number of methoxy groups -OCH3 is 3. The van der Waals surface area contributed by atoms with Crippen molar-refractivity contribution in [3.8, 4) is 39.8 Å². The number of rotatable bonds is 6. The summed E-state index contributed by atoms with van der Waals surface area (Å²) < 4.78 is 18.7. The van der Waals surface area contributed by atoms with Crippen LogP contribution in [-0.2, 0) is 6.54 Å². The molecule has 0 amide bonds. The number of hydrogen-bond donors (Lipinski definition) is 0. The quantitative estimate of drug-likeness (QED) is 0.345. The third kappa shape index (κ3) is 3.74. The molecule has 0 atom stereocenters. The zero-order valence-corrected chi connectivity index (χ0v) is 19.1. The molecule has 0 radical (unpaired) electrons. The van der Waals surface area contributed by atoms with Gasteiger partial charge >= 0.3 is 0 Å². The highest BCUT2D eigenvalue weighted by molar-refractivity contribution is 5.99. The van der Waals surface area contributed by atoms with Crippen molar-refractivity contribution in [3.63, 3.8) is 0 Å². The lowest BCUT2D eigenvalue weighted by molar-refractivity contribution is 0.355. The van der Waals surface area contributed by atoms with Crippen molar-refractivity contribution in [2.24, 2.45) is 0 Å². The van der Waals surface area contributed by atoms with Crippen LogP contribution >= 0.6 is 0 Å². The Morgan fingerprint density at radius 2 is 1.42 bits per heavy atom. The Hall–Kier alpha value is -4.06. The Labute approximate surface area is 192 Å². The van der Waals surface area contributed by atoms with Gasteiger partial charge in [0.2, 0.25) is 0 Å². The smallest absolute Gasteiger partial charge is 0.162 e. The van der Waals surface area contributed by atoms with E-state index in [-0.39, 0.29) is 0 Å². The van der Waals surface area contributed by atoms with E-state index in [0.717, 1.165) is 39.2 Å². The molecule has 2 aliphatic rings. The predicted molar refractivity (Wildman–Crippen MR) is 130 cm³/mol. The Morgan fingerprint density at radius 3 is 2.09 bits per heavy atom. The average molecular weight is 440 g/mol. The lowest BCUT2D eigenvalue weighted by Gasteiger charge is -2.18. The molecule has 2 aliphatic heterocycles. The average Bonchev–Trinajstić information content (AvgIpc) is 3.28. The van der Waals surface area contributed by atoms with Crippen LogP contribution in [0.5, 0.6) is 17.2 Å². The molecule has 0 saturated carbocycles. The molecule has 2 heterocycles. The highest BCUT2D eigenvalue weighted by Gasteiger charge is 2.22. The second-order valence-electron chi connectivity index (χ2n) is 8.01. The van der Waals surface area contributed by atoms with E-state index in [4.69, 9.17) is 14.2 Å². The summed E-state index contributed by atoms with van der Waals surface area (Å²) in [5.74, 6) is 2.14. The van der Waals surface area contributed by atoms with Crippen molar-refractivity contribution in [3.05, 3.63) is 78.0 Å². The summed E-state index contributed by atoms with van der Waals surface area (Å²) in [6.07, 6.45) is 2.13. The number of nitrogens with zero attached hydrogens (tertiary/aromatic N) is 3. The van der Waals surface area contributed by atoms with Crippen molar-refractivity contribution >= 4 is 10.9 Å². The second kappa shape index (κ2) is 8.47. The molecule has 33 heavy (non-hydrogen) atoms. The van der Waals surface area contributed by atoms with Gasteiger partial charge < -0.3 is 18.8 Å². The molecular weight excluding hydrogens is 414 g/mol. The zero-order valence-electron chi connectivity index (χ0n) is 19.1. The molecule has 0 spiro atoms. The van der Waals surface area contributed by atoms with Crippen LogP contribution in [0.15, 0.2) is 66.9 Å². The molecular formula is C27H25N3O3. The van der Waals surface area contributed by atoms with Crippen LogP contribution in [0.3, 0.4) is 0 Å².